The predicted molar refractivity (Wildman–Crippen MR) is 111 cm³/mol. The van der Waals surface area contributed by atoms with Crippen LogP contribution >= 0.6 is 0 Å². The third-order valence-electron chi connectivity index (χ3n) is 5.01. The normalized spacial score (nSPS) is 15.3. The molecule has 2 aromatic carbocycles. The summed E-state index contributed by atoms with van der Waals surface area (Å²) >= 11 is 0. The maximum Gasteiger partial charge on any atom is 0.420 e. The Morgan fingerprint density at radius 1 is 1.06 bits per heavy atom. The van der Waals surface area contributed by atoms with Crippen LogP contribution in [-0.4, -0.2) is 61.2 Å². The van der Waals surface area contributed by atoms with Crippen molar-refractivity contribution in [2.24, 2.45) is 0 Å². The van der Waals surface area contributed by atoms with Crippen LogP contribution in [0.15, 0.2) is 48.5 Å². The topological polar surface area (TPSA) is 110 Å². The zero-order valence-corrected chi connectivity index (χ0v) is 18.0. The molecule has 0 N–H and O–H groups in total. The number of hydrogen-bond donors (Lipinski definition) is 0. The number of carbonyl (C=O) groups is 1. The van der Waals surface area contributed by atoms with Crippen LogP contribution in [0.3, 0.4) is 0 Å². The van der Waals surface area contributed by atoms with Crippen molar-refractivity contribution >= 4 is 21.6 Å². The highest BCUT2D eigenvalue weighted by Gasteiger charge is 2.36. The number of piperazine rings is 1. The SMILES string of the molecule is O=C(COc1ccc([N+](=O)[O-])cc1C(F)(F)F)N1CCN(S(=O)(=O)Cc2ccccc2)CC1. The molecule has 1 heterocycles. The molecule has 13 heteroatoms. The third kappa shape index (κ3) is 6.20. The van der Waals surface area contributed by atoms with Crippen molar-refractivity contribution in [2.75, 3.05) is 32.8 Å². The summed E-state index contributed by atoms with van der Waals surface area (Å²) in [5.74, 6) is -1.50. The van der Waals surface area contributed by atoms with Gasteiger partial charge < -0.3 is 9.64 Å². The second-order valence-corrected chi connectivity index (χ2v) is 9.21. The van der Waals surface area contributed by atoms with Crippen LogP contribution in [0, 0.1) is 10.1 Å². The predicted octanol–water partition coefficient (Wildman–Crippen LogP) is 2.67. The summed E-state index contributed by atoms with van der Waals surface area (Å²) < 4.78 is 71.1. The Bertz CT molecular complexity index is 1120. The number of halogens is 3. The molecule has 178 valence electrons. The number of benzene rings is 2. The van der Waals surface area contributed by atoms with Crippen molar-refractivity contribution in [1.82, 2.24) is 9.21 Å². The van der Waals surface area contributed by atoms with E-state index in [0.717, 1.165) is 12.1 Å². The first kappa shape index (κ1) is 24.5. The van der Waals surface area contributed by atoms with Crippen LogP contribution in [0.1, 0.15) is 11.1 Å². The van der Waals surface area contributed by atoms with Gasteiger partial charge in [0.1, 0.15) is 11.3 Å². The van der Waals surface area contributed by atoms with E-state index in [1.165, 1.54) is 9.21 Å². The molecule has 0 radical (unpaired) electrons. The number of nitro groups is 1. The number of amides is 1. The minimum atomic E-state index is -4.91. The molecule has 0 bridgehead atoms. The highest BCUT2D eigenvalue weighted by molar-refractivity contribution is 7.88. The molecule has 1 aliphatic rings. The number of hydrogen-bond acceptors (Lipinski definition) is 6. The van der Waals surface area contributed by atoms with Crippen LogP contribution in [-0.2, 0) is 26.7 Å². The van der Waals surface area contributed by atoms with Crippen molar-refractivity contribution in [3.63, 3.8) is 0 Å². The first-order valence-corrected chi connectivity index (χ1v) is 11.4. The molecule has 0 unspecified atom stereocenters. The van der Waals surface area contributed by atoms with Crippen LogP contribution in [0.5, 0.6) is 5.75 Å². The fourth-order valence-corrected chi connectivity index (χ4v) is 4.82. The summed E-state index contributed by atoms with van der Waals surface area (Å²) in [5.41, 5.74) is -1.48. The number of sulfonamides is 1. The Morgan fingerprint density at radius 2 is 1.70 bits per heavy atom. The fourth-order valence-electron chi connectivity index (χ4n) is 3.30. The summed E-state index contributed by atoms with van der Waals surface area (Å²) in [6, 6.07) is 10.6. The van der Waals surface area contributed by atoms with Gasteiger partial charge in [0.05, 0.1) is 10.7 Å². The van der Waals surface area contributed by atoms with Crippen LogP contribution in [0.25, 0.3) is 0 Å². The number of nitrogens with zero attached hydrogens (tertiary/aromatic N) is 3. The van der Waals surface area contributed by atoms with Gasteiger partial charge >= 0.3 is 6.18 Å². The summed E-state index contributed by atoms with van der Waals surface area (Å²) in [6.45, 7) is -0.513. The zero-order valence-electron chi connectivity index (χ0n) is 17.2. The zero-order chi connectivity index (χ0) is 24.2. The molecule has 0 spiro atoms. The summed E-state index contributed by atoms with van der Waals surface area (Å²) in [4.78, 5) is 23.5. The van der Waals surface area contributed by atoms with Crippen LogP contribution < -0.4 is 4.74 Å². The van der Waals surface area contributed by atoms with Gasteiger partial charge in [0.25, 0.3) is 11.6 Å². The molecule has 0 aliphatic carbocycles. The molecule has 33 heavy (non-hydrogen) atoms. The number of nitro benzene ring substituents is 1. The summed E-state index contributed by atoms with van der Waals surface area (Å²) in [7, 11) is -3.59. The lowest BCUT2D eigenvalue weighted by Crippen LogP contribution is -2.51. The smallest absolute Gasteiger partial charge is 0.420 e. The number of alkyl halides is 3. The standard InChI is InChI=1S/C20H20F3N3O6S/c21-20(22,23)17-12-16(26(28)29)6-7-18(17)32-13-19(27)24-8-10-25(11-9-24)33(30,31)14-15-4-2-1-3-5-15/h1-7,12H,8-11,13-14H2. The van der Waals surface area contributed by atoms with Gasteiger partial charge in [-0.1, -0.05) is 30.3 Å². The van der Waals surface area contributed by atoms with Crippen molar-refractivity contribution in [3.8, 4) is 5.75 Å². The van der Waals surface area contributed by atoms with Gasteiger partial charge in [0.2, 0.25) is 10.0 Å². The van der Waals surface area contributed by atoms with E-state index in [2.05, 4.69) is 0 Å². The monoisotopic (exact) mass is 487 g/mol. The molecule has 2 aromatic rings. The quantitative estimate of drug-likeness (QED) is 0.439. The average molecular weight is 487 g/mol. The average Bonchev–Trinajstić information content (AvgIpc) is 2.77. The molecule has 1 aliphatic heterocycles. The van der Waals surface area contributed by atoms with Gasteiger partial charge in [-0.3, -0.25) is 14.9 Å². The first-order valence-electron chi connectivity index (χ1n) is 9.75. The number of rotatable bonds is 7. The molecule has 1 fully saturated rings. The van der Waals surface area contributed by atoms with E-state index in [4.69, 9.17) is 4.74 Å². The van der Waals surface area contributed by atoms with Gasteiger partial charge in [0, 0.05) is 38.3 Å². The number of carbonyl (C=O) groups excluding carboxylic acids is 1. The van der Waals surface area contributed by atoms with Crippen molar-refractivity contribution in [1.29, 1.82) is 0 Å². The minimum absolute atomic E-state index is 0.0479. The lowest BCUT2D eigenvalue weighted by Gasteiger charge is -2.34. The highest BCUT2D eigenvalue weighted by atomic mass is 32.2. The summed E-state index contributed by atoms with van der Waals surface area (Å²) in [5, 5.41) is 10.8. The number of non-ortho nitro benzene ring substituents is 1. The van der Waals surface area contributed by atoms with E-state index >= 15 is 0 Å². The Labute approximate surface area is 187 Å². The van der Waals surface area contributed by atoms with E-state index in [-0.39, 0.29) is 31.9 Å². The van der Waals surface area contributed by atoms with Crippen molar-refractivity contribution in [3.05, 3.63) is 69.8 Å². The van der Waals surface area contributed by atoms with E-state index in [1.807, 2.05) is 0 Å². The third-order valence-corrected chi connectivity index (χ3v) is 6.86. The highest BCUT2D eigenvalue weighted by Crippen LogP contribution is 2.38. The molecular formula is C20H20F3N3O6S. The Hall–Kier alpha value is -3.19. The maximum absolute atomic E-state index is 13.2. The van der Waals surface area contributed by atoms with Gasteiger partial charge in [-0.05, 0) is 11.6 Å². The van der Waals surface area contributed by atoms with Crippen molar-refractivity contribution < 1.29 is 36.0 Å². The molecule has 0 aromatic heterocycles. The lowest BCUT2D eigenvalue weighted by atomic mass is 10.1. The fraction of sp³-hybridized carbons (Fsp3) is 0.350. The molecule has 0 atom stereocenters. The Balaban J connectivity index is 1.58. The van der Waals surface area contributed by atoms with E-state index < -0.39 is 50.6 Å². The maximum atomic E-state index is 13.2. The van der Waals surface area contributed by atoms with Crippen molar-refractivity contribution in [2.45, 2.75) is 11.9 Å². The van der Waals surface area contributed by atoms with Gasteiger partial charge in [-0.15, -0.1) is 0 Å². The van der Waals surface area contributed by atoms with E-state index in [0.29, 0.717) is 11.6 Å². The molecule has 1 amide bonds. The lowest BCUT2D eigenvalue weighted by molar-refractivity contribution is -0.385. The van der Waals surface area contributed by atoms with Gasteiger partial charge in [0.15, 0.2) is 6.61 Å². The second-order valence-electron chi connectivity index (χ2n) is 7.25. The molecule has 1 saturated heterocycles. The van der Waals surface area contributed by atoms with E-state index in [1.54, 1.807) is 30.3 Å². The van der Waals surface area contributed by atoms with Gasteiger partial charge in [-0.25, -0.2) is 8.42 Å². The summed E-state index contributed by atoms with van der Waals surface area (Å²) in [6.07, 6.45) is -4.91. The minimum Gasteiger partial charge on any atom is -0.483 e. The number of ether oxygens (including phenoxy) is 1. The first-order chi connectivity index (χ1) is 15.5. The molecule has 3 rings (SSSR count). The molecule has 9 nitrogen and oxygen atoms in total. The largest absolute Gasteiger partial charge is 0.483 e. The van der Waals surface area contributed by atoms with Crippen LogP contribution in [0.2, 0.25) is 0 Å². The molecule has 0 saturated carbocycles. The molecular weight excluding hydrogens is 467 g/mol. The van der Waals surface area contributed by atoms with Crippen LogP contribution in [0.4, 0.5) is 18.9 Å². The van der Waals surface area contributed by atoms with E-state index in [9.17, 15) is 36.5 Å². The van der Waals surface area contributed by atoms with Gasteiger partial charge in [-0.2, -0.15) is 17.5 Å². The Morgan fingerprint density at radius 3 is 2.27 bits per heavy atom. The Kier molecular flexibility index (Phi) is 7.22. The second kappa shape index (κ2) is 9.75.